The monoisotopic (exact) mass is 183 g/mol. The first-order valence-corrected chi connectivity index (χ1v) is 5.17. The zero-order valence-corrected chi connectivity index (χ0v) is 9.46. The second kappa shape index (κ2) is 6.63. The molecule has 3 heteroatoms. The molecule has 1 aromatic rings. The highest BCUT2D eigenvalue weighted by molar-refractivity contribution is 5.09. The van der Waals surface area contributed by atoms with Crippen LogP contribution < -0.4 is 0 Å². The fourth-order valence-corrected chi connectivity index (χ4v) is 1.24. The van der Waals surface area contributed by atoms with E-state index in [1.165, 1.54) is 5.69 Å². The molecule has 0 unspecified atom stereocenters. The lowest BCUT2D eigenvalue weighted by molar-refractivity contribution is 0.669. The molecule has 0 aliphatic carbocycles. The first kappa shape index (κ1) is 12.1. The minimum Gasteiger partial charge on any atom is -0.252 e. The smallest absolute Gasteiger partial charge is 0.0856 e. The lowest BCUT2D eigenvalue weighted by Crippen LogP contribution is -1.99. The van der Waals surface area contributed by atoms with Crippen molar-refractivity contribution >= 4 is 0 Å². The summed E-state index contributed by atoms with van der Waals surface area (Å²) in [6.07, 6.45) is 3.24. The molecule has 0 bridgehead atoms. The van der Waals surface area contributed by atoms with E-state index in [0.717, 1.165) is 25.0 Å². The van der Waals surface area contributed by atoms with Crippen LogP contribution in [0.2, 0.25) is 0 Å². The van der Waals surface area contributed by atoms with E-state index in [1.54, 1.807) is 0 Å². The van der Waals surface area contributed by atoms with Gasteiger partial charge in [-0.1, -0.05) is 39.3 Å². The number of rotatable bonds is 3. The van der Waals surface area contributed by atoms with Gasteiger partial charge in [0.2, 0.25) is 0 Å². The van der Waals surface area contributed by atoms with Gasteiger partial charge in [0.05, 0.1) is 11.4 Å². The Hall–Kier alpha value is -0.860. The van der Waals surface area contributed by atoms with Gasteiger partial charge in [-0.2, -0.15) is 0 Å². The van der Waals surface area contributed by atoms with Gasteiger partial charge in [0.25, 0.3) is 0 Å². The number of hydrogen-bond acceptors (Lipinski definition) is 2. The van der Waals surface area contributed by atoms with Crippen LogP contribution in [0.4, 0.5) is 0 Å². The minimum absolute atomic E-state index is 0.989. The normalized spacial score (nSPS) is 9.31. The predicted molar refractivity (Wildman–Crippen MR) is 55.7 cm³/mol. The summed E-state index contributed by atoms with van der Waals surface area (Å²) in [6, 6.07) is 0. The zero-order chi connectivity index (χ0) is 10.3. The molecule has 0 atom stereocenters. The van der Waals surface area contributed by atoms with Gasteiger partial charge in [-0.15, -0.1) is 5.10 Å². The van der Waals surface area contributed by atoms with Crippen molar-refractivity contribution in [3.8, 4) is 0 Å². The Bertz CT molecular complexity index is 228. The van der Waals surface area contributed by atoms with Crippen LogP contribution in [0.1, 0.15) is 45.5 Å². The van der Waals surface area contributed by atoms with Crippen LogP contribution in [0.25, 0.3) is 0 Å². The summed E-state index contributed by atoms with van der Waals surface area (Å²) in [5.41, 5.74) is 2.43. The van der Waals surface area contributed by atoms with E-state index in [2.05, 4.69) is 24.2 Å². The second-order valence-electron chi connectivity index (χ2n) is 2.71. The van der Waals surface area contributed by atoms with E-state index in [9.17, 15) is 0 Å². The molecular weight excluding hydrogens is 162 g/mol. The highest BCUT2D eigenvalue weighted by atomic mass is 15.4. The van der Waals surface area contributed by atoms with Crippen LogP contribution in [-0.4, -0.2) is 15.0 Å². The molecule has 0 aliphatic heterocycles. The molecule has 3 nitrogen and oxygen atoms in total. The first-order valence-electron chi connectivity index (χ1n) is 5.17. The number of aromatic nitrogens is 3. The summed E-state index contributed by atoms with van der Waals surface area (Å²) < 4.78 is 1.88. The van der Waals surface area contributed by atoms with E-state index in [4.69, 9.17) is 0 Å². The van der Waals surface area contributed by atoms with Crippen LogP contribution in [0.15, 0.2) is 0 Å². The summed E-state index contributed by atoms with van der Waals surface area (Å²) in [7, 11) is 1.96. The lowest BCUT2D eigenvalue weighted by atomic mass is 10.2. The quantitative estimate of drug-likeness (QED) is 0.720. The Morgan fingerprint density at radius 1 is 1.23 bits per heavy atom. The molecule has 0 aliphatic rings. The minimum atomic E-state index is 0.989. The molecule has 0 N–H and O–H groups in total. The summed E-state index contributed by atoms with van der Waals surface area (Å²) in [5, 5.41) is 8.04. The predicted octanol–water partition coefficient (Wildman–Crippen LogP) is 2.36. The maximum Gasteiger partial charge on any atom is 0.0856 e. The molecule has 13 heavy (non-hydrogen) atoms. The van der Waals surface area contributed by atoms with Gasteiger partial charge in [-0.3, -0.25) is 4.68 Å². The van der Waals surface area contributed by atoms with Crippen molar-refractivity contribution < 1.29 is 0 Å². The SMILES string of the molecule is CC.CCCc1c(CC)nnn1C. The average molecular weight is 183 g/mol. The van der Waals surface area contributed by atoms with Gasteiger partial charge in [0, 0.05) is 7.05 Å². The molecule has 1 heterocycles. The number of nitrogens with zero attached hydrogens (tertiary/aromatic N) is 3. The summed E-state index contributed by atoms with van der Waals surface area (Å²) in [5.74, 6) is 0. The average Bonchev–Trinajstić information content (AvgIpc) is 2.52. The van der Waals surface area contributed by atoms with Gasteiger partial charge in [0.15, 0.2) is 0 Å². The zero-order valence-electron chi connectivity index (χ0n) is 9.46. The summed E-state index contributed by atoms with van der Waals surface area (Å²) in [4.78, 5) is 0. The van der Waals surface area contributed by atoms with Crippen molar-refractivity contribution in [1.29, 1.82) is 0 Å². The van der Waals surface area contributed by atoms with E-state index >= 15 is 0 Å². The molecule has 0 spiro atoms. The van der Waals surface area contributed by atoms with Gasteiger partial charge in [-0.05, 0) is 12.8 Å². The van der Waals surface area contributed by atoms with Crippen molar-refractivity contribution in [2.24, 2.45) is 7.05 Å². The van der Waals surface area contributed by atoms with Crippen molar-refractivity contribution in [2.45, 2.75) is 47.0 Å². The van der Waals surface area contributed by atoms with Crippen LogP contribution in [0.3, 0.4) is 0 Å². The Labute approximate surface area is 81.2 Å². The van der Waals surface area contributed by atoms with Gasteiger partial charge < -0.3 is 0 Å². The van der Waals surface area contributed by atoms with Crippen molar-refractivity contribution in [3.05, 3.63) is 11.4 Å². The lowest BCUT2D eigenvalue weighted by Gasteiger charge is -1.98. The largest absolute Gasteiger partial charge is 0.252 e. The molecule has 1 rings (SSSR count). The standard InChI is InChI=1S/C8H15N3.C2H6/c1-4-6-8-7(5-2)9-10-11(8)3;1-2/h4-6H2,1-3H3;1-2H3. The van der Waals surface area contributed by atoms with Crippen LogP contribution in [-0.2, 0) is 19.9 Å². The maximum atomic E-state index is 4.07. The Balaban J connectivity index is 0.000000671. The summed E-state index contributed by atoms with van der Waals surface area (Å²) in [6.45, 7) is 8.29. The molecule has 0 saturated carbocycles. The molecular formula is C10H21N3. The van der Waals surface area contributed by atoms with E-state index in [0.29, 0.717) is 0 Å². The summed E-state index contributed by atoms with van der Waals surface area (Å²) >= 11 is 0. The van der Waals surface area contributed by atoms with Crippen molar-refractivity contribution in [2.75, 3.05) is 0 Å². The molecule has 0 aromatic carbocycles. The van der Waals surface area contributed by atoms with Gasteiger partial charge >= 0.3 is 0 Å². The first-order chi connectivity index (χ1) is 6.29. The highest BCUT2D eigenvalue weighted by Gasteiger charge is 2.06. The van der Waals surface area contributed by atoms with Crippen LogP contribution in [0, 0.1) is 0 Å². The molecule has 0 saturated heterocycles. The molecule has 0 fully saturated rings. The Morgan fingerprint density at radius 3 is 2.31 bits per heavy atom. The Kier molecular flexibility index (Phi) is 6.20. The van der Waals surface area contributed by atoms with Gasteiger partial charge in [-0.25, -0.2) is 0 Å². The molecule has 76 valence electrons. The maximum absolute atomic E-state index is 4.07. The number of aryl methyl sites for hydroxylation is 2. The third kappa shape index (κ3) is 3.17. The van der Waals surface area contributed by atoms with Crippen molar-refractivity contribution in [1.82, 2.24) is 15.0 Å². The number of hydrogen-bond donors (Lipinski definition) is 0. The van der Waals surface area contributed by atoms with Gasteiger partial charge in [0.1, 0.15) is 0 Å². The Morgan fingerprint density at radius 2 is 1.85 bits per heavy atom. The van der Waals surface area contributed by atoms with Crippen LogP contribution in [0.5, 0.6) is 0 Å². The molecule has 0 amide bonds. The van der Waals surface area contributed by atoms with E-state index < -0.39 is 0 Å². The van der Waals surface area contributed by atoms with E-state index in [1.807, 2.05) is 25.6 Å². The highest BCUT2D eigenvalue weighted by Crippen LogP contribution is 2.06. The third-order valence-corrected chi connectivity index (χ3v) is 1.85. The van der Waals surface area contributed by atoms with Crippen LogP contribution >= 0.6 is 0 Å². The second-order valence-corrected chi connectivity index (χ2v) is 2.71. The molecule has 0 radical (unpaired) electrons. The molecule has 1 aromatic heterocycles. The van der Waals surface area contributed by atoms with Crippen molar-refractivity contribution in [3.63, 3.8) is 0 Å². The third-order valence-electron chi connectivity index (χ3n) is 1.85. The topological polar surface area (TPSA) is 30.7 Å². The fraction of sp³-hybridized carbons (Fsp3) is 0.800. The van der Waals surface area contributed by atoms with E-state index in [-0.39, 0.29) is 0 Å². The fourth-order valence-electron chi connectivity index (χ4n) is 1.24.